The molecule has 0 unspecified atom stereocenters. The molecule has 0 N–H and O–H groups in total. The van der Waals surface area contributed by atoms with Gasteiger partial charge in [-0.3, -0.25) is 0 Å². The second-order valence-electron chi connectivity index (χ2n) is 8.73. The minimum atomic E-state index is -3.20. The van der Waals surface area contributed by atoms with Crippen molar-refractivity contribution in [2.24, 2.45) is 11.8 Å². The maximum Gasteiger partial charge on any atom is 0.324 e. The van der Waals surface area contributed by atoms with E-state index in [0.29, 0.717) is 29.4 Å². The molecule has 166 valence electrons. The first-order valence-electron chi connectivity index (χ1n) is 10.7. The summed E-state index contributed by atoms with van der Waals surface area (Å²) in [6, 6.07) is 5.81. The molecule has 1 saturated heterocycles. The standard InChI is InChI=1S/C22H33N3O4S/c1-15(2)21-23-22(29-24-21)25-11-8-18(9-12-25)16(3)10-13-28-19-6-7-20(17(4)14-19)30(5,26)27/h6-7,14-16,18H,8-13H2,1-5H3/t16-/m1/s1. The molecule has 1 aromatic heterocycles. The summed E-state index contributed by atoms with van der Waals surface area (Å²) in [4.78, 5) is 7.05. The monoisotopic (exact) mass is 435 g/mol. The average molecular weight is 436 g/mol. The van der Waals surface area contributed by atoms with E-state index in [4.69, 9.17) is 9.26 Å². The van der Waals surface area contributed by atoms with Gasteiger partial charge in [0.2, 0.25) is 0 Å². The lowest BCUT2D eigenvalue weighted by Crippen LogP contribution is -2.36. The zero-order valence-corrected chi connectivity index (χ0v) is 19.4. The molecular formula is C22H33N3O4S. The van der Waals surface area contributed by atoms with Crippen LogP contribution in [0.25, 0.3) is 0 Å². The van der Waals surface area contributed by atoms with Crippen molar-refractivity contribution >= 4 is 15.9 Å². The first-order valence-corrected chi connectivity index (χ1v) is 12.6. The molecule has 1 fully saturated rings. The number of ether oxygens (including phenoxy) is 1. The van der Waals surface area contributed by atoms with Gasteiger partial charge in [-0.1, -0.05) is 25.9 Å². The van der Waals surface area contributed by atoms with Gasteiger partial charge in [-0.25, -0.2) is 8.42 Å². The molecular weight excluding hydrogens is 402 g/mol. The molecule has 0 aliphatic carbocycles. The highest BCUT2D eigenvalue weighted by Crippen LogP contribution is 2.30. The van der Waals surface area contributed by atoms with E-state index in [9.17, 15) is 8.42 Å². The lowest BCUT2D eigenvalue weighted by Gasteiger charge is -2.33. The van der Waals surface area contributed by atoms with Crippen molar-refractivity contribution in [2.45, 2.75) is 57.8 Å². The van der Waals surface area contributed by atoms with E-state index in [2.05, 4.69) is 35.8 Å². The Bertz CT molecular complexity index is 947. The summed E-state index contributed by atoms with van der Waals surface area (Å²) in [5, 5.41) is 4.06. The third kappa shape index (κ3) is 5.53. The molecule has 1 aliphatic heterocycles. The van der Waals surface area contributed by atoms with E-state index >= 15 is 0 Å². The largest absolute Gasteiger partial charge is 0.494 e. The molecule has 0 radical (unpaired) electrons. The number of rotatable bonds is 8. The van der Waals surface area contributed by atoms with Crippen LogP contribution in [0.1, 0.15) is 57.3 Å². The highest BCUT2D eigenvalue weighted by atomic mass is 32.2. The van der Waals surface area contributed by atoms with Gasteiger partial charge in [0.1, 0.15) is 5.75 Å². The van der Waals surface area contributed by atoms with E-state index in [1.165, 1.54) is 6.26 Å². The minimum Gasteiger partial charge on any atom is -0.494 e. The number of anilines is 1. The van der Waals surface area contributed by atoms with Crippen molar-refractivity contribution < 1.29 is 17.7 Å². The second-order valence-corrected chi connectivity index (χ2v) is 10.7. The van der Waals surface area contributed by atoms with Crippen molar-refractivity contribution in [1.29, 1.82) is 0 Å². The Balaban J connectivity index is 1.45. The van der Waals surface area contributed by atoms with Crippen molar-refractivity contribution in [3.8, 4) is 5.75 Å². The Labute approximate surface area is 179 Å². The normalized spacial score (nSPS) is 16.8. The first kappa shape index (κ1) is 22.6. The molecule has 0 amide bonds. The molecule has 2 heterocycles. The molecule has 7 nitrogen and oxygen atoms in total. The minimum absolute atomic E-state index is 0.270. The third-order valence-electron chi connectivity index (χ3n) is 5.95. The Kier molecular flexibility index (Phi) is 7.06. The van der Waals surface area contributed by atoms with E-state index < -0.39 is 9.84 Å². The number of aromatic nitrogens is 2. The van der Waals surface area contributed by atoms with Crippen LogP contribution in [0.3, 0.4) is 0 Å². The summed E-state index contributed by atoms with van der Waals surface area (Å²) in [6.45, 7) is 10.7. The highest BCUT2D eigenvalue weighted by molar-refractivity contribution is 7.90. The maximum atomic E-state index is 11.7. The highest BCUT2D eigenvalue weighted by Gasteiger charge is 2.26. The van der Waals surface area contributed by atoms with E-state index in [-0.39, 0.29) is 5.92 Å². The lowest BCUT2D eigenvalue weighted by atomic mass is 9.84. The van der Waals surface area contributed by atoms with Gasteiger partial charge in [0.15, 0.2) is 15.7 Å². The molecule has 1 aliphatic rings. The number of sulfone groups is 1. The molecule has 3 rings (SSSR count). The molecule has 30 heavy (non-hydrogen) atoms. The SMILES string of the molecule is Cc1cc(OCC[C@@H](C)C2CCN(c3nc(C(C)C)no3)CC2)ccc1S(C)(=O)=O. The lowest BCUT2D eigenvalue weighted by molar-refractivity contribution is 0.220. The number of benzene rings is 1. The van der Waals surface area contributed by atoms with Crippen LogP contribution in [0.2, 0.25) is 0 Å². The number of hydrogen-bond donors (Lipinski definition) is 0. The Morgan fingerprint density at radius 2 is 1.93 bits per heavy atom. The smallest absolute Gasteiger partial charge is 0.324 e. The molecule has 0 bridgehead atoms. The fraction of sp³-hybridized carbons (Fsp3) is 0.636. The topological polar surface area (TPSA) is 85.5 Å². The van der Waals surface area contributed by atoms with Crippen LogP contribution in [-0.2, 0) is 9.84 Å². The van der Waals surface area contributed by atoms with Crippen LogP contribution in [0, 0.1) is 18.8 Å². The van der Waals surface area contributed by atoms with Crippen LogP contribution >= 0.6 is 0 Å². The van der Waals surface area contributed by atoms with Crippen LogP contribution in [0.4, 0.5) is 6.01 Å². The zero-order chi connectivity index (χ0) is 21.9. The predicted octanol–water partition coefficient (Wildman–Crippen LogP) is 4.23. The van der Waals surface area contributed by atoms with Crippen LogP contribution < -0.4 is 9.64 Å². The van der Waals surface area contributed by atoms with Gasteiger partial charge in [-0.05, 0) is 61.8 Å². The van der Waals surface area contributed by atoms with Gasteiger partial charge < -0.3 is 14.2 Å². The summed E-state index contributed by atoms with van der Waals surface area (Å²) in [5.74, 6) is 2.95. The summed E-state index contributed by atoms with van der Waals surface area (Å²) in [6.07, 6.45) is 4.39. The molecule has 0 saturated carbocycles. The van der Waals surface area contributed by atoms with Crippen LogP contribution in [0.5, 0.6) is 5.75 Å². The van der Waals surface area contributed by atoms with Gasteiger partial charge in [0.25, 0.3) is 0 Å². The van der Waals surface area contributed by atoms with Gasteiger partial charge >= 0.3 is 6.01 Å². The molecule has 1 aromatic carbocycles. The Hall–Kier alpha value is -2.09. The summed E-state index contributed by atoms with van der Waals surface area (Å²) >= 11 is 0. The Morgan fingerprint density at radius 3 is 2.50 bits per heavy atom. The van der Waals surface area contributed by atoms with Gasteiger partial charge in [0.05, 0.1) is 11.5 Å². The Morgan fingerprint density at radius 1 is 1.23 bits per heavy atom. The molecule has 8 heteroatoms. The number of nitrogens with zero attached hydrogens (tertiary/aromatic N) is 3. The second kappa shape index (κ2) is 9.37. The van der Waals surface area contributed by atoms with Crippen molar-refractivity contribution in [3.05, 3.63) is 29.6 Å². The number of piperidine rings is 1. The summed E-state index contributed by atoms with van der Waals surface area (Å²) < 4.78 is 34.8. The summed E-state index contributed by atoms with van der Waals surface area (Å²) in [5.41, 5.74) is 0.720. The summed E-state index contributed by atoms with van der Waals surface area (Å²) in [7, 11) is -3.20. The van der Waals surface area contributed by atoms with Crippen molar-refractivity contribution in [3.63, 3.8) is 0 Å². The van der Waals surface area contributed by atoms with Gasteiger partial charge in [-0.15, -0.1) is 0 Å². The average Bonchev–Trinajstić information content (AvgIpc) is 3.18. The van der Waals surface area contributed by atoms with E-state index in [1.807, 2.05) is 0 Å². The quantitative estimate of drug-likeness (QED) is 0.613. The molecule has 0 spiro atoms. The maximum absolute atomic E-state index is 11.7. The van der Waals surface area contributed by atoms with Crippen molar-refractivity contribution in [2.75, 3.05) is 30.9 Å². The van der Waals surface area contributed by atoms with Crippen molar-refractivity contribution in [1.82, 2.24) is 10.1 Å². The first-order chi connectivity index (χ1) is 14.1. The van der Waals surface area contributed by atoms with Gasteiger partial charge in [-0.2, -0.15) is 4.98 Å². The van der Waals surface area contributed by atoms with Crippen LogP contribution in [-0.4, -0.2) is 44.5 Å². The zero-order valence-electron chi connectivity index (χ0n) is 18.6. The fourth-order valence-electron chi connectivity index (χ4n) is 3.98. The molecule has 1 atom stereocenters. The predicted molar refractivity (Wildman–Crippen MR) is 117 cm³/mol. The number of aryl methyl sites for hydroxylation is 1. The molecule has 2 aromatic rings. The van der Waals surface area contributed by atoms with Crippen LogP contribution in [0.15, 0.2) is 27.6 Å². The third-order valence-corrected chi connectivity index (χ3v) is 7.21. The van der Waals surface area contributed by atoms with E-state index in [0.717, 1.165) is 49.5 Å². The van der Waals surface area contributed by atoms with E-state index in [1.54, 1.807) is 25.1 Å². The van der Waals surface area contributed by atoms with Gasteiger partial charge in [0, 0.05) is 25.3 Å². The number of hydrogen-bond acceptors (Lipinski definition) is 7. The fourth-order valence-corrected chi connectivity index (χ4v) is 4.93.